The predicted molar refractivity (Wildman–Crippen MR) is 283 cm³/mol. The normalized spacial score (nSPS) is 12.5. The maximum atomic E-state index is 2.48. The van der Waals surface area contributed by atoms with Gasteiger partial charge in [-0.15, -0.1) is 0 Å². The van der Waals surface area contributed by atoms with Gasteiger partial charge in [0.25, 0.3) is 0 Å². The number of benzene rings is 9. The second kappa shape index (κ2) is 15.8. The number of rotatable bonds is 6. The molecule has 9 aromatic carbocycles. The van der Waals surface area contributed by atoms with Crippen molar-refractivity contribution < 1.29 is 0 Å². The zero-order valence-corrected chi connectivity index (χ0v) is 39.9. The maximum absolute atomic E-state index is 2.48. The Balaban J connectivity index is 1.12. The molecular weight excluding hydrogens is 783 g/mol. The second-order valence-electron chi connectivity index (χ2n) is 21.3. The van der Waals surface area contributed by atoms with Gasteiger partial charge in [0, 0.05) is 28.4 Å². The summed E-state index contributed by atoms with van der Waals surface area (Å²) in [5.74, 6) is 0. The van der Waals surface area contributed by atoms with Crippen molar-refractivity contribution in [1.29, 1.82) is 0 Å². The van der Waals surface area contributed by atoms with Crippen molar-refractivity contribution in [3.8, 4) is 55.6 Å². The molecule has 1 heterocycles. The van der Waals surface area contributed by atoms with E-state index in [4.69, 9.17) is 0 Å². The lowest BCUT2D eigenvalue weighted by Crippen LogP contribution is -2.11. The van der Waals surface area contributed by atoms with Crippen LogP contribution in [0.15, 0.2) is 176 Å². The molecule has 322 valence electrons. The predicted octanol–water partition coefficient (Wildman–Crippen LogP) is 18.3. The Kier molecular flexibility index (Phi) is 10.3. The van der Waals surface area contributed by atoms with Gasteiger partial charge in [-0.2, -0.15) is 0 Å². The van der Waals surface area contributed by atoms with Crippen molar-refractivity contribution in [3.63, 3.8) is 0 Å². The molecule has 0 fully saturated rings. The largest absolute Gasteiger partial charge is 0.341 e. The van der Waals surface area contributed by atoms with Crippen LogP contribution in [0.25, 0.3) is 99.0 Å². The number of hydrogen-bond donors (Lipinski definition) is 0. The van der Waals surface area contributed by atoms with Crippen molar-refractivity contribution in [2.45, 2.75) is 92.0 Å². The van der Waals surface area contributed by atoms with E-state index in [1.54, 1.807) is 0 Å². The maximum Gasteiger partial charge on any atom is 0.0491 e. The molecule has 0 amide bonds. The highest BCUT2D eigenvalue weighted by Gasteiger charge is 2.23. The van der Waals surface area contributed by atoms with Crippen molar-refractivity contribution in [3.05, 3.63) is 193 Å². The Morgan fingerprint density at radius 1 is 0.292 bits per heavy atom. The Morgan fingerprint density at radius 3 is 1.03 bits per heavy atom. The third kappa shape index (κ3) is 7.65. The van der Waals surface area contributed by atoms with E-state index in [2.05, 4.69) is 250 Å². The van der Waals surface area contributed by atoms with Gasteiger partial charge < -0.3 is 4.57 Å². The molecule has 0 aliphatic rings. The molecule has 1 nitrogen and oxygen atoms in total. The summed E-state index contributed by atoms with van der Waals surface area (Å²) in [5.41, 5.74) is 19.1. The van der Waals surface area contributed by atoms with Gasteiger partial charge in [-0.1, -0.05) is 202 Å². The first kappa shape index (κ1) is 42.3. The molecule has 0 saturated heterocycles. The van der Waals surface area contributed by atoms with Gasteiger partial charge in [0.15, 0.2) is 0 Å². The van der Waals surface area contributed by atoms with Crippen LogP contribution >= 0.6 is 0 Å². The van der Waals surface area contributed by atoms with E-state index < -0.39 is 0 Å². The lowest BCUT2D eigenvalue weighted by atomic mass is 9.79. The highest BCUT2D eigenvalue weighted by atomic mass is 15.0. The molecular formula is C64H61N. The standard InChI is InChI=1S/C64H61N/c1-11-65-58-35-29-48(37-54(58)55-38-51(64(8,9)10)32-36-59(55)65)45-23-27-47(28-24-45)61-53-34-31-49(62(2,3)4)39-56(53)60(52-33-30-50(40-57(52)61)63(5,6)7)46-25-21-44(22-26-46)43-19-17-42(18-20-43)41-15-13-12-14-16-41/h12-40H,11H2,1-10H3. The van der Waals surface area contributed by atoms with Gasteiger partial charge in [-0.3, -0.25) is 0 Å². The van der Waals surface area contributed by atoms with Gasteiger partial charge in [0.05, 0.1) is 0 Å². The Morgan fingerprint density at radius 2 is 0.615 bits per heavy atom. The smallest absolute Gasteiger partial charge is 0.0491 e. The van der Waals surface area contributed by atoms with Crippen LogP contribution in [0.3, 0.4) is 0 Å². The van der Waals surface area contributed by atoms with Gasteiger partial charge in [-0.05, 0) is 153 Å². The second-order valence-corrected chi connectivity index (χ2v) is 21.3. The molecule has 0 saturated carbocycles. The van der Waals surface area contributed by atoms with Crippen LogP contribution in [0.5, 0.6) is 0 Å². The van der Waals surface area contributed by atoms with Crippen LogP contribution in [0.2, 0.25) is 0 Å². The quantitative estimate of drug-likeness (QED) is 0.147. The molecule has 0 aliphatic carbocycles. The lowest BCUT2D eigenvalue weighted by molar-refractivity contribution is 0.590. The number of hydrogen-bond acceptors (Lipinski definition) is 0. The summed E-state index contributed by atoms with van der Waals surface area (Å²) in [4.78, 5) is 0. The molecule has 65 heavy (non-hydrogen) atoms. The Labute approximate surface area is 386 Å². The monoisotopic (exact) mass is 843 g/mol. The summed E-state index contributed by atoms with van der Waals surface area (Å²) in [6, 6.07) is 66.8. The Hall–Kier alpha value is -6.70. The van der Waals surface area contributed by atoms with E-state index in [0.717, 1.165) is 6.54 Å². The fraction of sp³-hybridized carbons (Fsp3) is 0.219. The summed E-state index contributed by atoms with van der Waals surface area (Å²) in [6.07, 6.45) is 0. The van der Waals surface area contributed by atoms with Crippen LogP contribution in [-0.2, 0) is 22.8 Å². The topological polar surface area (TPSA) is 4.93 Å². The third-order valence-electron chi connectivity index (χ3n) is 13.9. The van der Waals surface area contributed by atoms with E-state index in [-0.39, 0.29) is 16.2 Å². The van der Waals surface area contributed by atoms with E-state index in [1.165, 1.54) is 116 Å². The zero-order chi connectivity index (χ0) is 45.4. The van der Waals surface area contributed by atoms with E-state index in [1.807, 2.05) is 0 Å². The summed E-state index contributed by atoms with van der Waals surface area (Å²) in [5, 5.41) is 7.80. The molecule has 1 aromatic heterocycles. The van der Waals surface area contributed by atoms with Gasteiger partial charge >= 0.3 is 0 Å². The zero-order valence-electron chi connectivity index (χ0n) is 39.9. The van der Waals surface area contributed by atoms with Crippen LogP contribution < -0.4 is 0 Å². The number of aromatic nitrogens is 1. The lowest BCUT2D eigenvalue weighted by Gasteiger charge is -2.25. The molecule has 0 unspecified atom stereocenters. The van der Waals surface area contributed by atoms with Crippen molar-refractivity contribution in [2.75, 3.05) is 0 Å². The van der Waals surface area contributed by atoms with Crippen molar-refractivity contribution in [2.24, 2.45) is 0 Å². The molecule has 0 aliphatic heterocycles. The molecule has 0 atom stereocenters. The summed E-state index contributed by atoms with van der Waals surface area (Å²) in [7, 11) is 0. The molecule has 10 rings (SSSR count). The minimum Gasteiger partial charge on any atom is -0.341 e. The number of nitrogens with zero attached hydrogens (tertiary/aromatic N) is 1. The molecule has 0 N–H and O–H groups in total. The minimum atomic E-state index is -0.00851. The molecule has 1 heteroatoms. The summed E-state index contributed by atoms with van der Waals surface area (Å²) >= 11 is 0. The minimum absolute atomic E-state index is 0.00701. The number of fused-ring (bicyclic) bond motifs is 5. The van der Waals surface area contributed by atoms with Gasteiger partial charge in [0.1, 0.15) is 0 Å². The third-order valence-corrected chi connectivity index (χ3v) is 13.9. The van der Waals surface area contributed by atoms with Crippen molar-refractivity contribution in [1.82, 2.24) is 4.57 Å². The molecule has 0 bridgehead atoms. The summed E-state index contributed by atoms with van der Waals surface area (Å²) in [6.45, 7) is 24.0. The average Bonchev–Trinajstić information content (AvgIpc) is 3.62. The molecule has 0 spiro atoms. The van der Waals surface area contributed by atoms with Gasteiger partial charge in [-0.25, -0.2) is 0 Å². The van der Waals surface area contributed by atoms with E-state index in [9.17, 15) is 0 Å². The van der Waals surface area contributed by atoms with Gasteiger partial charge in [0.2, 0.25) is 0 Å². The number of aryl methyl sites for hydroxylation is 1. The fourth-order valence-corrected chi connectivity index (χ4v) is 10.0. The van der Waals surface area contributed by atoms with Crippen molar-refractivity contribution >= 4 is 43.4 Å². The van der Waals surface area contributed by atoms with E-state index >= 15 is 0 Å². The molecule has 10 aromatic rings. The summed E-state index contributed by atoms with van der Waals surface area (Å²) < 4.78 is 2.46. The fourth-order valence-electron chi connectivity index (χ4n) is 10.0. The van der Waals surface area contributed by atoms with E-state index in [0.29, 0.717) is 0 Å². The SMILES string of the molecule is CCn1c2ccc(-c3ccc(-c4c5ccc(C(C)(C)C)cc5c(-c5ccc(-c6ccc(-c7ccccc7)cc6)cc5)c5ccc(C(C)(C)C)cc45)cc3)cc2c2cc(C(C)(C)C)ccc21. The molecule has 0 radical (unpaired) electrons. The first-order chi connectivity index (χ1) is 31.1. The first-order valence-electron chi connectivity index (χ1n) is 23.5. The van der Waals surface area contributed by atoms with Crippen LogP contribution in [-0.4, -0.2) is 4.57 Å². The van der Waals surface area contributed by atoms with Crippen LogP contribution in [0, 0.1) is 0 Å². The van der Waals surface area contributed by atoms with Crippen LogP contribution in [0.1, 0.15) is 85.9 Å². The van der Waals surface area contributed by atoms with Crippen LogP contribution in [0.4, 0.5) is 0 Å². The Bertz CT molecular complexity index is 3390. The first-order valence-corrected chi connectivity index (χ1v) is 23.5. The highest BCUT2D eigenvalue weighted by molar-refractivity contribution is 6.22. The highest BCUT2D eigenvalue weighted by Crippen LogP contribution is 2.47. The average molecular weight is 844 g/mol.